The molecule has 0 unspecified atom stereocenters. The van der Waals surface area contributed by atoms with E-state index in [0.717, 1.165) is 10.0 Å². The zero-order valence-corrected chi connectivity index (χ0v) is 12.1. The fourth-order valence-corrected chi connectivity index (χ4v) is 2.17. The number of carbonyl (C=O) groups excluding carboxylic acids is 1. The first-order valence-corrected chi connectivity index (χ1v) is 6.62. The van der Waals surface area contributed by atoms with E-state index in [1.165, 1.54) is 0 Å². The minimum Gasteiger partial charge on any atom is -0.496 e. The van der Waals surface area contributed by atoms with Crippen LogP contribution in [-0.4, -0.2) is 12.9 Å². The Kier molecular flexibility index (Phi) is 4.35. The summed E-state index contributed by atoms with van der Waals surface area (Å²) in [6.07, 6.45) is 0. The van der Waals surface area contributed by atoms with Crippen LogP contribution in [0.25, 0.3) is 0 Å². The summed E-state index contributed by atoms with van der Waals surface area (Å²) >= 11 is 3.36. The summed E-state index contributed by atoms with van der Waals surface area (Å²) in [7, 11) is 1.55. The van der Waals surface area contributed by atoms with E-state index < -0.39 is 0 Å². The lowest BCUT2D eigenvalue weighted by molar-refractivity contribution is 0.103. The summed E-state index contributed by atoms with van der Waals surface area (Å²) in [4.78, 5) is 12.4. The molecule has 2 aromatic rings. The van der Waals surface area contributed by atoms with Gasteiger partial charge in [-0.15, -0.1) is 0 Å². The van der Waals surface area contributed by atoms with Crippen molar-refractivity contribution in [2.75, 3.05) is 7.11 Å². The normalized spacial score (nSPS) is 10.3. The van der Waals surface area contributed by atoms with Crippen LogP contribution in [0.15, 0.2) is 46.9 Å². The van der Waals surface area contributed by atoms with Gasteiger partial charge in [-0.25, -0.2) is 0 Å². The molecule has 2 N–H and O–H groups in total. The Morgan fingerprint density at radius 2 is 1.89 bits per heavy atom. The quantitative estimate of drug-likeness (QED) is 0.881. The van der Waals surface area contributed by atoms with Crippen LogP contribution in [0, 0.1) is 0 Å². The maximum Gasteiger partial charge on any atom is 0.196 e. The topological polar surface area (TPSA) is 52.3 Å². The fraction of sp³-hybridized carbons (Fsp3) is 0.133. The van der Waals surface area contributed by atoms with Gasteiger partial charge in [-0.2, -0.15) is 0 Å². The van der Waals surface area contributed by atoms with Crippen molar-refractivity contribution in [3.8, 4) is 5.75 Å². The molecule has 0 bridgehead atoms. The van der Waals surface area contributed by atoms with Gasteiger partial charge in [0.1, 0.15) is 5.75 Å². The van der Waals surface area contributed by atoms with E-state index in [1.807, 2.05) is 18.2 Å². The van der Waals surface area contributed by atoms with Crippen molar-refractivity contribution in [2.45, 2.75) is 6.54 Å². The number of benzene rings is 2. The number of ketones is 1. The van der Waals surface area contributed by atoms with Gasteiger partial charge in [-0.1, -0.05) is 40.2 Å². The molecule has 19 heavy (non-hydrogen) atoms. The van der Waals surface area contributed by atoms with Gasteiger partial charge >= 0.3 is 0 Å². The van der Waals surface area contributed by atoms with Crippen molar-refractivity contribution < 1.29 is 9.53 Å². The first-order valence-electron chi connectivity index (χ1n) is 5.83. The highest BCUT2D eigenvalue weighted by Crippen LogP contribution is 2.25. The molecule has 4 heteroatoms. The number of methoxy groups -OCH3 is 1. The molecule has 0 aliphatic rings. The van der Waals surface area contributed by atoms with Crippen LogP contribution in [0.2, 0.25) is 0 Å². The Balaban J connectivity index is 2.40. The summed E-state index contributed by atoms with van der Waals surface area (Å²) in [6, 6.07) is 12.7. The third-order valence-corrected chi connectivity index (χ3v) is 3.35. The van der Waals surface area contributed by atoms with Gasteiger partial charge in [-0.3, -0.25) is 4.79 Å². The predicted octanol–water partition coefficient (Wildman–Crippen LogP) is 3.15. The van der Waals surface area contributed by atoms with E-state index in [-0.39, 0.29) is 5.78 Å². The van der Waals surface area contributed by atoms with Crippen LogP contribution >= 0.6 is 15.9 Å². The first-order chi connectivity index (χ1) is 9.15. The number of nitrogens with two attached hydrogens (primary N) is 1. The van der Waals surface area contributed by atoms with E-state index >= 15 is 0 Å². The number of carbonyl (C=O) groups is 1. The largest absolute Gasteiger partial charge is 0.496 e. The molecule has 2 rings (SSSR count). The van der Waals surface area contributed by atoms with Crippen LogP contribution in [0.4, 0.5) is 0 Å². The van der Waals surface area contributed by atoms with Crippen molar-refractivity contribution >= 4 is 21.7 Å². The second kappa shape index (κ2) is 5.99. The summed E-state index contributed by atoms with van der Waals surface area (Å²) in [6.45, 7) is 0.467. The summed E-state index contributed by atoms with van der Waals surface area (Å²) in [5, 5.41) is 0. The minimum absolute atomic E-state index is 0.0679. The highest BCUT2D eigenvalue weighted by Gasteiger charge is 2.14. The molecule has 0 radical (unpaired) electrons. The number of hydrogen-bond donors (Lipinski definition) is 1. The molecular weight excluding hydrogens is 306 g/mol. The van der Waals surface area contributed by atoms with Crippen LogP contribution in [0.3, 0.4) is 0 Å². The summed E-state index contributed by atoms with van der Waals surface area (Å²) in [5.74, 6) is 0.498. The molecule has 3 nitrogen and oxygen atoms in total. The van der Waals surface area contributed by atoms with Crippen LogP contribution in [0.1, 0.15) is 21.5 Å². The standard InChI is InChI=1S/C15H14BrNO2/c1-19-14-7-6-12(16)8-13(14)15(18)11-4-2-10(9-17)3-5-11/h2-8H,9,17H2,1H3. The van der Waals surface area contributed by atoms with Gasteiger partial charge in [0.2, 0.25) is 0 Å². The molecule has 98 valence electrons. The maximum atomic E-state index is 12.4. The predicted molar refractivity (Wildman–Crippen MR) is 78.5 cm³/mol. The second-order valence-corrected chi connectivity index (χ2v) is 4.99. The van der Waals surface area contributed by atoms with Gasteiger partial charge < -0.3 is 10.5 Å². The fourth-order valence-electron chi connectivity index (χ4n) is 1.81. The van der Waals surface area contributed by atoms with Crippen molar-refractivity contribution in [2.24, 2.45) is 5.73 Å². The van der Waals surface area contributed by atoms with Gasteiger partial charge in [0.15, 0.2) is 5.78 Å². The van der Waals surface area contributed by atoms with E-state index in [9.17, 15) is 4.79 Å². The van der Waals surface area contributed by atoms with Gasteiger partial charge in [-0.05, 0) is 23.8 Å². The number of hydrogen-bond acceptors (Lipinski definition) is 3. The summed E-state index contributed by atoms with van der Waals surface area (Å²) < 4.78 is 6.07. The zero-order chi connectivity index (χ0) is 13.8. The first kappa shape index (κ1) is 13.8. The zero-order valence-electron chi connectivity index (χ0n) is 10.5. The average molecular weight is 320 g/mol. The second-order valence-electron chi connectivity index (χ2n) is 4.07. The SMILES string of the molecule is COc1ccc(Br)cc1C(=O)c1ccc(CN)cc1. The molecule has 0 aromatic heterocycles. The average Bonchev–Trinajstić information content (AvgIpc) is 2.46. The van der Waals surface area contributed by atoms with Crippen LogP contribution in [0.5, 0.6) is 5.75 Å². The molecule has 0 atom stereocenters. The van der Waals surface area contributed by atoms with Crippen LogP contribution in [-0.2, 0) is 6.54 Å². The lowest BCUT2D eigenvalue weighted by Gasteiger charge is -2.08. The Bertz CT molecular complexity index is 594. The Morgan fingerprint density at radius 3 is 2.47 bits per heavy atom. The highest BCUT2D eigenvalue weighted by atomic mass is 79.9. The lowest BCUT2D eigenvalue weighted by atomic mass is 10.0. The molecule has 2 aromatic carbocycles. The van der Waals surface area contributed by atoms with Crippen molar-refractivity contribution in [1.82, 2.24) is 0 Å². The van der Waals surface area contributed by atoms with E-state index in [0.29, 0.717) is 23.4 Å². The molecule has 0 saturated carbocycles. The molecule has 0 aliphatic carbocycles. The lowest BCUT2D eigenvalue weighted by Crippen LogP contribution is -2.05. The number of halogens is 1. The maximum absolute atomic E-state index is 12.4. The van der Waals surface area contributed by atoms with Crippen molar-refractivity contribution in [3.63, 3.8) is 0 Å². The third-order valence-electron chi connectivity index (χ3n) is 2.86. The molecular formula is C15H14BrNO2. The molecule has 0 saturated heterocycles. The molecule has 0 spiro atoms. The molecule has 0 amide bonds. The third kappa shape index (κ3) is 3.03. The smallest absolute Gasteiger partial charge is 0.196 e. The Morgan fingerprint density at radius 1 is 1.21 bits per heavy atom. The Labute approximate surface area is 120 Å². The van der Waals surface area contributed by atoms with Gasteiger partial charge in [0.05, 0.1) is 12.7 Å². The number of ether oxygens (including phenoxy) is 1. The van der Waals surface area contributed by atoms with Gasteiger partial charge in [0.25, 0.3) is 0 Å². The molecule has 0 heterocycles. The molecule has 0 fully saturated rings. The monoisotopic (exact) mass is 319 g/mol. The number of rotatable bonds is 4. The molecule has 0 aliphatic heterocycles. The minimum atomic E-state index is -0.0679. The Hall–Kier alpha value is -1.65. The van der Waals surface area contributed by atoms with E-state index in [1.54, 1.807) is 31.4 Å². The summed E-state index contributed by atoms with van der Waals surface area (Å²) in [5.41, 5.74) is 7.70. The van der Waals surface area contributed by atoms with E-state index in [2.05, 4.69) is 15.9 Å². The van der Waals surface area contributed by atoms with Crippen molar-refractivity contribution in [1.29, 1.82) is 0 Å². The highest BCUT2D eigenvalue weighted by molar-refractivity contribution is 9.10. The van der Waals surface area contributed by atoms with Crippen molar-refractivity contribution in [3.05, 3.63) is 63.6 Å². The van der Waals surface area contributed by atoms with Crippen LogP contribution < -0.4 is 10.5 Å². The van der Waals surface area contributed by atoms with Gasteiger partial charge in [0, 0.05) is 16.6 Å². The van der Waals surface area contributed by atoms with E-state index in [4.69, 9.17) is 10.5 Å².